The lowest BCUT2D eigenvalue weighted by Gasteiger charge is -2.35. The van der Waals surface area contributed by atoms with Gasteiger partial charge in [-0.3, -0.25) is 4.79 Å². The fourth-order valence-electron chi connectivity index (χ4n) is 4.44. The molecule has 1 saturated carbocycles. The van der Waals surface area contributed by atoms with Crippen LogP contribution in [0.15, 0.2) is 36.4 Å². The molecule has 3 unspecified atom stereocenters. The van der Waals surface area contributed by atoms with Gasteiger partial charge in [0.1, 0.15) is 5.75 Å². The van der Waals surface area contributed by atoms with Crippen molar-refractivity contribution in [2.75, 3.05) is 35.0 Å². The van der Waals surface area contributed by atoms with Crippen LogP contribution in [0.1, 0.15) is 48.0 Å². The average Bonchev–Trinajstić information content (AvgIpc) is 2.82. The van der Waals surface area contributed by atoms with Crippen LogP contribution in [0.25, 0.3) is 0 Å². The number of ketones is 1. The molecule has 1 aliphatic carbocycles. The third-order valence-electron chi connectivity index (χ3n) is 6.04. The number of hydrogen-bond acceptors (Lipinski definition) is 6. The van der Waals surface area contributed by atoms with Crippen LogP contribution in [0.5, 0.6) is 23.0 Å². The molecule has 6 nitrogen and oxygen atoms in total. The van der Waals surface area contributed by atoms with Gasteiger partial charge in [-0.1, -0.05) is 12.1 Å². The van der Waals surface area contributed by atoms with E-state index in [4.69, 9.17) is 23.7 Å². The molecular weight excluding hydrogens is 396 g/mol. The van der Waals surface area contributed by atoms with Gasteiger partial charge >= 0.3 is 0 Å². The molecule has 0 bridgehead atoms. The third-order valence-corrected chi connectivity index (χ3v) is 6.04. The van der Waals surface area contributed by atoms with Gasteiger partial charge in [-0.25, -0.2) is 0 Å². The van der Waals surface area contributed by atoms with E-state index in [0.29, 0.717) is 29.4 Å². The van der Waals surface area contributed by atoms with Gasteiger partial charge in [0.25, 0.3) is 0 Å². The molecular formula is C25H32O6. The first kappa shape index (κ1) is 22.9. The van der Waals surface area contributed by atoms with E-state index in [-0.39, 0.29) is 23.7 Å². The Morgan fingerprint density at radius 3 is 2.10 bits per heavy atom. The maximum absolute atomic E-state index is 13.7. The lowest BCUT2D eigenvalue weighted by atomic mass is 9.71. The fraction of sp³-hybridized carbons (Fsp3) is 0.480. The normalized spacial score (nSPS) is 20.7. The van der Waals surface area contributed by atoms with E-state index in [2.05, 4.69) is 12.1 Å². The highest BCUT2D eigenvalue weighted by Crippen LogP contribution is 2.43. The maximum atomic E-state index is 13.7. The molecule has 3 atom stereocenters. The van der Waals surface area contributed by atoms with Gasteiger partial charge in [0.15, 0.2) is 17.3 Å². The van der Waals surface area contributed by atoms with E-state index in [1.165, 1.54) is 0 Å². The van der Waals surface area contributed by atoms with Crippen molar-refractivity contribution in [2.24, 2.45) is 5.92 Å². The zero-order valence-corrected chi connectivity index (χ0v) is 19.0. The van der Waals surface area contributed by atoms with Crippen molar-refractivity contribution in [1.82, 2.24) is 0 Å². The minimum Gasteiger partial charge on any atom is -0.494 e. The Morgan fingerprint density at radius 1 is 0.935 bits per heavy atom. The monoisotopic (exact) mass is 428 g/mol. The predicted molar refractivity (Wildman–Crippen MR) is 119 cm³/mol. The first-order valence-electron chi connectivity index (χ1n) is 10.7. The summed E-state index contributed by atoms with van der Waals surface area (Å²) in [7, 11) is 6.40. The van der Waals surface area contributed by atoms with Crippen LogP contribution in [0.3, 0.4) is 0 Å². The molecule has 0 aliphatic heterocycles. The van der Waals surface area contributed by atoms with Gasteiger partial charge in [0.2, 0.25) is 5.75 Å². The lowest BCUT2D eigenvalue weighted by molar-refractivity contribution is 0.0430. The number of methoxy groups -OCH3 is 4. The van der Waals surface area contributed by atoms with Crippen molar-refractivity contribution in [3.05, 3.63) is 47.5 Å². The summed E-state index contributed by atoms with van der Waals surface area (Å²) in [5, 5.41) is 0. The Bertz CT molecular complexity index is 851. The van der Waals surface area contributed by atoms with E-state index in [1.54, 1.807) is 40.6 Å². The van der Waals surface area contributed by atoms with Crippen molar-refractivity contribution in [3.8, 4) is 23.0 Å². The molecule has 3 rings (SSSR count). The Hall–Kier alpha value is -2.73. The maximum Gasteiger partial charge on any atom is 0.203 e. The van der Waals surface area contributed by atoms with Crippen LogP contribution >= 0.6 is 0 Å². The van der Waals surface area contributed by atoms with E-state index in [0.717, 1.165) is 30.6 Å². The lowest BCUT2D eigenvalue weighted by Crippen LogP contribution is -2.32. The smallest absolute Gasteiger partial charge is 0.203 e. The number of carbonyl (C=O) groups excluding carboxylic acids is 1. The molecule has 0 radical (unpaired) electrons. The highest BCUT2D eigenvalue weighted by atomic mass is 16.5. The summed E-state index contributed by atoms with van der Waals surface area (Å²) < 4.78 is 27.5. The SMILES string of the molecule is CCOc1ccc(C2CC(OC)CCC2C(=O)c2cc(OC)c(OC)c(OC)c2)cc1. The summed E-state index contributed by atoms with van der Waals surface area (Å²) in [5.74, 6) is 2.24. The van der Waals surface area contributed by atoms with Crippen LogP contribution in [0.4, 0.5) is 0 Å². The first-order valence-corrected chi connectivity index (χ1v) is 10.7. The molecule has 0 aromatic heterocycles. The van der Waals surface area contributed by atoms with Gasteiger partial charge in [0.05, 0.1) is 34.0 Å². The quantitative estimate of drug-likeness (QED) is 0.530. The van der Waals surface area contributed by atoms with Crippen LogP contribution in [0.2, 0.25) is 0 Å². The van der Waals surface area contributed by atoms with Crippen LogP contribution < -0.4 is 18.9 Å². The van der Waals surface area contributed by atoms with Gasteiger partial charge in [-0.2, -0.15) is 0 Å². The number of benzene rings is 2. The second-order valence-corrected chi connectivity index (χ2v) is 7.66. The summed E-state index contributed by atoms with van der Waals surface area (Å²) in [5.41, 5.74) is 1.68. The molecule has 1 aliphatic rings. The molecule has 168 valence electrons. The van der Waals surface area contributed by atoms with Crippen molar-refractivity contribution >= 4 is 5.78 Å². The number of rotatable bonds is 9. The zero-order valence-electron chi connectivity index (χ0n) is 19.0. The van der Waals surface area contributed by atoms with Gasteiger partial charge in [-0.15, -0.1) is 0 Å². The number of hydrogen-bond donors (Lipinski definition) is 0. The minimum absolute atomic E-state index is 0.0565. The first-order chi connectivity index (χ1) is 15.1. The van der Waals surface area contributed by atoms with Crippen molar-refractivity contribution in [2.45, 2.75) is 38.2 Å². The second kappa shape index (κ2) is 10.5. The Balaban J connectivity index is 1.95. The standard InChI is InChI=1S/C25H32O6/c1-6-31-18-9-7-16(8-10-18)21-15-19(27-2)11-12-20(21)24(26)17-13-22(28-3)25(30-5)23(14-17)29-4/h7-10,13-14,19-21H,6,11-12,15H2,1-5H3. The summed E-state index contributed by atoms with van der Waals surface area (Å²) in [4.78, 5) is 13.7. The summed E-state index contributed by atoms with van der Waals surface area (Å²) in [6, 6.07) is 11.5. The Labute approximate surface area is 184 Å². The van der Waals surface area contributed by atoms with Crippen LogP contribution in [-0.4, -0.2) is 46.9 Å². The summed E-state index contributed by atoms with van der Waals surface area (Å²) >= 11 is 0. The van der Waals surface area contributed by atoms with E-state index in [9.17, 15) is 4.79 Å². The largest absolute Gasteiger partial charge is 0.494 e. The predicted octanol–water partition coefficient (Wildman–Crippen LogP) is 4.89. The Kier molecular flexibility index (Phi) is 7.80. The number of ether oxygens (including phenoxy) is 5. The average molecular weight is 429 g/mol. The topological polar surface area (TPSA) is 63.2 Å². The highest BCUT2D eigenvalue weighted by Gasteiger charge is 2.37. The van der Waals surface area contributed by atoms with Gasteiger partial charge in [-0.05, 0) is 61.9 Å². The zero-order chi connectivity index (χ0) is 22.4. The molecule has 0 N–H and O–H groups in total. The van der Waals surface area contributed by atoms with Crippen LogP contribution in [0, 0.1) is 5.92 Å². The number of carbonyl (C=O) groups is 1. The molecule has 0 spiro atoms. The van der Waals surface area contributed by atoms with Crippen molar-refractivity contribution in [3.63, 3.8) is 0 Å². The molecule has 2 aromatic rings. The summed E-state index contributed by atoms with van der Waals surface area (Å²) in [6.07, 6.45) is 2.54. The highest BCUT2D eigenvalue weighted by molar-refractivity contribution is 5.99. The Morgan fingerprint density at radius 2 is 1.58 bits per heavy atom. The number of Topliss-reactive ketones (excluding diaryl/α,β-unsaturated/α-hetero) is 1. The molecule has 0 heterocycles. The van der Waals surface area contributed by atoms with Crippen molar-refractivity contribution in [1.29, 1.82) is 0 Å². The fourth-order valence-corrected chi connectivity index (χ4v) is 4.44. The van der Waals surface area contributed by atoms with E-state index in [1.807, 2.05) is 19.1 Å². The molecule has 2 aromatic carbocycles. The van der Waals surface area contributed by atoms with Gasteiger partial charge in [0, 0.05) is 18.6 Å². The second-order valence-electron chi connectivity index (χ2n) is 7.66. The minimum atomic E-state index is -0.160. The molecule has 1 fully saturated rings. The van der Waals surface area contributed by atoms with Crippen molar-refractivity contribution < 1.29 is 28.5 Å². The molecule has 0 amide bonds. The van der Waals surface area contributed by atoms with Crippen LogP contribution in [-0.2, 0) is 4.74 Å². The molecule has 6 heteroatoms. The summed E-state index contributed by atoms with van der Waals surface area (Å²) in [6.45, 7) is 2.58. The molecule has 31 heavy (non-hydrogen) atoms. The molecule has 0 saturated heterocycles. The van der Waals surface area contributed by atoms with E-state index >= 15 is 0 Å². The van der Waals surface area contributed by atoms with E-state index < -0.39 is 0 Å². The third kappa shape index (κ3) is 4.96. The van der Waals surface area contributed by atoms with Gasteiger partial charge < -0.3 is 23.7 Å².